The van der Waals surface area contributed by atoms with Gasteiger partial charge >= 0.3 is 12.1 Å². The number of allylic oxidation sites excluding steroid dienone is 4. The van der Waals surface area contributed by atoms with Gasteiger partial charge in [-0.15, -0.1) is 0 Å². The molecule has 0 aromatic carbocycles. The van der Waals surface area contributed by atoms with E-state index in [2.05, 4.69) is 0 Å². The van der Waals surface area contributed by atoms with Gasteiger partial charge in [-0.2, -0.15) is 0 Å². The van der Waals surface area contributed by atoms with Crippen molar-refractivity contribution in [3.05, 3.63) is 23.8 Å². The average molecular weight is 589 g/mol. The van der Waals surface area contributed by atoms with Crippen LogP contribution in [-0.2, 0) is 28.6 Å². The van der Waals surface area contributed by atoms with Crippen molar-refractivity contribution in [3.8, 4) is 0 Å². The molecule has 0 saturated heterocycles. The van der Waals surface area contributed by atoms with Crippen molar-refractivity contribution >= 4 is 23.7 Å². The first kappa shape index (κ1) is 30.9. The molecule has 8 atom stereocenters. The molecule has 42 heavy (non-hydrogen) atoms. The van der Waals surface area contributed by atoms with Gasteiger partial charge in [0.15, 0.2) is 23.7 Å². The third kappa shape index (κ3) is 4.56. The lowest BCUT2D eigenvalue weighted by Gasteiger charge is -2.62. The van der Waals surface area contributed by atoms with E-state index in [0.717, 1.165) is 19.3 Å². The number of carbonyl (C=O) groups excluding carboxylic acids is 4. The van der Waals surface area contributed by atoms with Crippen molar-refractivity contribution in [2.75, 3.05) is 13.2 Å². The molecule has 0 bridgehead atoms. The van der Waals surface area contributed by atoms with E-state index in [1.54, 1.807) is 33.8 Å². The summed E-state index contributed by atoms with van der Waals surface area (Å²) in [5, 5.41) is 11.7. The number of alkyl halides is 1. The fraction of sp³-hybridized carbons (Fsp3) is 0.758. The standard InChI is InChI=1S/C33H45FO8/c1-5-40-29(39)42-33(27(37)19-41-28(38)13-10-21-8-6-7-9-21)20(2)16-25-24-12-11-22-17-23(35)14-15-30(22,3)32(24,34)26(36)18-31(25,33)4/h14-15,17,20-21,24-26,36H,5-13,16,18-19H2,1-4H3/t20-,24+,25+,26+,30+,31+,32+,33+/m1/s1. The highest BCUT2D eigenvalue weighted by molar-refractivity contribution is 6.01. The number of aliphatic hydroxyl groups excluding tert-OH is 1. The Balaban J connectivity index is 1.45. The Morgan fingerprint density at radius 3 is 2.50 bits per heavy atom. The van der Waals surface area contributed by atoms with E-state index in [9.17, 15) is 24.3 Å². The molecular weight excluding hydrogens is 543 g/mol. The first-order valence-electron chi connectivity index (χ1n) is 15.7. The topological polar surface area (TPSA) is 116 Å². The number of aliphatic hydroxyl groups is 1. The molecule has 4 saturated carbocycles. The zero-order valence-corrected chi connectivity index (χ0v) is 25.3. The summed E-state index contributed by atoms with van der Waals surface area (Å²) in [6, 6.07) is 0. The second kappa shape index (κ2) is 11.2. The first-order valence-corrected chi connectivity index (χ1v) is 15.7. The van der Waals surface area contributed by atoms with Gasteiger partial charge in [-0.05, 0) is 69.9 Å². The van der Waals surface area contributed by atoms with Crippen molar-refractivity contribution in [1.29, 1.82) is 0 Å². The predicted molar refractivity (Wildman–Crippen MR) is 151 cm³/mol. The van der Waals surface area contributed by atoms with E-state index in [-0.39, 0.29) is 25.2 Å². The smallest absolute Gasteiger partial charge is 0.457 e. The van der Waals surface area contributed by atoms with Crippen LogP contribution in [0.2, 0.25) is 0 Å². The molecule has 0 radical (unpaired) electrons. The number of rotatable bonds is 8. The fourth-order valence-corrected chi connectivity index (χ4v) is 9.62. The number of ketones is 2. The normalized spacial score (nSPS) is 40.9. The maximum absolute atomic E-state index is 17.6. The highest BCUT2D eigenvalue weighted by atomic mass is 19.1. The van der Waals surface area contributed by atoms with E-state index in [0.29, 0.717) is 30.8 Å². The van der Waals surface area contributed by atoms with E-state index in [1.165, 1.54) is 25.0 Å². The molecular formula is C33H45FO8. The van der Waals surface area contributed by atoms with Crippen molar-refractivity contribution in [2.45, 2.75) is 109 Å². The van der Waals surface area contributed by atoms with E-state index in [4.69, 9.17) is 14.2 Å². The molecule has 5 aliphatic rings. The third-order valence-corrected chi connectivity index (χ3v) is 11.7. The SMILES string of the molecule is CCOC(=O)O[C@]1(C(=O)COC(=O)CCC2CCCC2)[C@H](C)C[C@H]2[C@@H]3CCC4=CC(=O)C=C[C@]4(C)[C@@]3(F)[C@@H](O)C[C@@]21C. The Hall–Kier alpha value is -2.55. The molecule has 232 valence electrons. The molecule has 0 amide bonds. The van der Waals surface area contributed by atoms with Crippen molar-refractivity contribution in [1.82, 2.24) is 0 Å². The molecule has 0 aromatic heterocycles. The molecule has 0 unspecified atom stereocenters. The highest BCUT2D eigenvalue weighted by Gasteiger charge is 2.77. The number of ether oxygens (including phenoxy) is 3. The zero-order valence-electron chi connectivity index (χ0n) is 25.3. The summed E-state index contributed by atoms with van der Waals surface area (Å²) in [4.78, 5) is 51.8. The van der Waals surface area contributed by atoms with Crippen LogP contribution in [-0.4, -0.2) is 59.4 Å². The van der Waals surface area contributed by atoms with Gasteiger partial charge in [-0.25, -0.2) is 9.18 Å². The van der Waals surface area contributed by atoms with Crippen LogP contribution >= 0.6 is 0 Å². The molecule has 8 nitrogen and oxygen atoms in total. The van der Waals surface area contributed by atoms with Gasteiger partial charge < -0.3 is 19.3 Å². The van der Waals surface area contributed by atoms with Crippen molar-refractivity contribution in [2.24, 2.45) is 34.5 Å². The van der Waals surface area contributed by atoms with Gasteiger partial charge in [0.05, 0.1) is 12.7 Å². The number of Topliss-reactive ketones (excluding diaryl/α,β-unsaturated/α-hetero) is 1. The number of halogens is 1. The molecule has 0 heterocycles. The van der Waals surface area contributed by atoms with Crippen molar-refractivity contribution in [3.63, 3.8) is 0 Å². The quantitative estimate of drug-likeness (QED) is 0.365. The van der Waals surface area contributed by atoms with Crippen LogP contribution in [0.4, 0.5) is 9.18 Å². The van der Waals surface area contributed by atoms with E-state index in [1.807, 2.05) is 0 Å². The van der Waals surface area contributed by atoms with E-state index >= 15 is 4.39 Å². The fourth-order valence-electron chi connectivity index (χ4n) is 9.62. The van der Waals surface area contributed by atoms with Crippen LogP contribution in [0.1, 0.15) is 91.9 Å². The highest BCUT2D eigenvalue weighted by Crippen LogP contribution is 2.71. The van der Waals surface area contributed by atoms with Crippen LogP contribution in [0.25, 0.3) is 0 Å². The monoisotopic (exact) mass is 588 g/mol. The lowest BCUT2D eigenvalue weighted by atomic mass is 9.44. The molecule has 0 aromatic rings. The Kier molecular flexibility index (Phi) is 8.22. The van der Waals surface area contributed by atoms with E-state index < -0.39 is 70.5 Å². The van der Waals surface area contributed by atoms with Gasteiger partial charge in [-0.1, -0.05) is 51.2 Å². The summed E-state index contributed by atoms with van der Waals surface area (Å²) in [7, 11) is 0. The van der Waals surface area contributed by atoms with Gasteiger partial charge in [0.1, 0.15) is 0 Å². The minimum absolute atomic E-state index is 0.0329. The molecule has 5 aliphatic carbocycles. The lowest BCUT2D eigenvalue weighted by molar-refractivity contribution is -0.222. The van der Waals surface area contributed by atoms with Crippen molar-refractivity contribution < 1.29 is 42.9 Å². The number of fused-ring (bicyclic) bond motifs is 5. The van der Waals surface area contributed by atoms with Gasteiger partial charge in [0.25, 0.3) is 0 Å². The summed E-state index contributed by atoms with van der Waals surface area (Å²) in [5.41, 5.74) is -5.55. The zero-order chi connectivity index (χ0) is 30.5. The minimum atomic E-state index is -2.09. The summed E-state index contributed by atoms with van der Waals surface area (Å²) in [5.74, 6) is -2.39. The largest absolute Gasteiger partial charge is 0.509 e. The summed E-state index contributed by atoms with van der Waals surface area (Å²) < 4.78 is 34.1. The van der Waals surface area contributed by atoms with Gasteiger partial charge in [0.2, 0.25) is 5.78 Å². The Labute approximate surface area is 247 Å². The van der Waals surface area contributed by atoms with Gasteiger partial charge in [0, 0.05) is 29.1 Å². The first-order chi connectivity index (χ1) is 19.8. The maximum atomic E-state index is 17.6. The maximum Gasteiger partial charge on any atom is 0.509 e. The summed E-state index contributed by atoms with van der Waals surface area (Å²) >= 11 is 0. The van der Waals surface area contributed by atoms with Crippen LogP contribution in [0.3, 0.4) is 0 Å². The predicted octanol–water partition coefficient (Wildman–Crippen LogP) is 5.60. The number of esters is 1. The Bertz CT molecular complexity index is 1190. The molecule has 4 fully saturated rings. The van der Waals surface area contributed by atoms with Crippen LogP contribution in [0.5, 0.6) is 0 Å². The Morgan fingerprint density at radius 1 is 1.10 bits per heavy atom. The van der Waals surface area contributed by atoms with Crippen LogP contribution in [0.15, 0.2) is 23.8 Å². The molecule has 9 heteroatoms. The average Bonchev–Trinajstić information content (AvgIpc) is 3.53. The lowest BCUT2D eigenvalue weighted by Crippen LogP contribution is -2.70. The molecule has 5 rings (SSSR count). The number of hydrogen-bond donors (Lipinski definition) is 1. The van der Waals surface area contributed by atoms with Crippen LogP contribution in [0, 0.1) is 34.5 Å². The minimum Gasteiger partial charge on any atom is -0.457 e. The second-order valence-electron chi connectivity index (χ2n) is 13.7. The van der Waals surface area contributed by atoms with Crippen LogP contribution < -0.4 is 0 Å². The summed E-state index contributed by atoms with van der Waals surface area (Å²) in [6.07, 6.45) is 8.45. The Morgan fingerprint density at radius 2 is 1.81 bits per heavy atom. The summed E-state index contributed by atoms with van der Waals surface area (Å²) in [6.45, 7) is 6.40. The number of hydrogen-bond acceptors (Lipinski definition) is 8. The number of carbonyl (C=O) groups is 4. The van der Waals surface area contributed by atoms with Gasteiger partial charge in [-0.3, -0.25) is 14.4 Å². The molecule has 1 N–H and O–H groups in total. The molecule has 0 aliphatic heterocycles. The second-order valence-corrected chi connectivity index (χ2v) is 13.7. The third-order valence-electron chi connectivity index (χ3n) is 11.7. The molecule has 0 spiro atoms.